The van der Waals surface area contributed by atoms with Crippen LogP contribution in [0.25, 0.3) is 21.9 Å². The summed E-state index contributed by atoms with van der Waals surface area (Å²) in [6.07, 6.45) is 3.66. The number of ether oxygens (including phenoxy) is 2. The number of aromatic nitrogens is 1. The SMILES string of the molecule is c1cc2c3c(c1)Oc1c(ccc4ccccc14)B3c1cc(-c3ccncc3)ccc1O2. The molecule has 0 saturated carbocycles. The van der Waals surface area contributed by atoms with E-state index in [2.05, 4.69) is 59.6 Å². The van der Waals surface area contributed by atoms with Crippen LogP contribution in [0.4, 0.5) is 0 Å². The van der Waals surface area contributed by atoms with Crippen LogP contribution in [0.1, 0.15) is 0 Å². The van der Waals surface area contributed by atoms with Crippen LogP contribution in [-0.2, 0) is 0 Å². The first-order valence-electron chi connectivity index (χ1n) is 10.4. The summed E-state index contributed by atoms with van der Waals surface area (Å²) in [4.78, 5) is 4.16. The third kappa shape index (κ3) is 2.39. The maximum absolute atomic E-state index is 6.48. The molecule has 4 aromatic carbocycles. The molecule has 0 fully saturated rings. The van der Waals surface area contributed by atoms with Crippen LogP contribution in [0.15, 0.2) is 97.3 Å². The van der Waals surface area contributed by atoms with E-state index in [0.717, 1.165) is 50.4 Å². The first-order chi connectivity index (χ1) is 15.4. The lowest BCUT2D eigenvalue weighted by molar-refractivity contribution is 0.467. The van der Waals surface area contributed by atoms with Crippen molar-refractivity contribution >= 4 is 33.9 Å². The zero-order valence-electron chi connectivity index (χ0n) is 16.6. The first-order valence-corrected chi connectivity index (χ1v) is 10.4. The normalized spacial score (nSPS) is 13.0. The second-order valence-corrected chi connectivity index (χ2v) is 8.00. The minimum atomic E-state index is 0.0603. The Bertz CT molecular complexity index is 1500. The second kappa shape index (κ2) is 6.23. The number of fused-ring (bicyclic) bond motifs is 6. The predicted octanol–water partition coefficient (Wildman–Crippen LogP) is 4.63. The summed E-state index contributed by atoms with van der Waals surface area (Å²) >= 11 is 0. The molecule has 0 unspecified atom stereocenters. The van der Waals surface area contributed by atoms with Gasteiger partial charge in [-0.05, 0) is 57.8 Å². The zero-order valence-corrected chi connectivity index (χ0v) is 16.6. The van der Waals surface area contributed by atoms with Gasteiger partial charge in [0.1, 0.15) is 23.0 Å². The molecule has 4 heteroatoms. The average molecular weight is 397 g/mol. The van der Waals surface area contributed by atoms with E-state index in [1.807, 2.05) is 42.7 Å². The molecule has 1 aromatic heterocycles. The van der Waals surface area contributed by atoms with Gasteiger partial charge in [-0.1, -0.05) is 54.6 Å². The fourth-order valence-corrected chi connectivity index (χ4v) is 4.89. The molecule has 2 aliphatic heterocycles. The highest BCUT2D eigenvalue weighted by atomic mass is 16.5. The van der Waals surface area contributed by atoms with Gasteiger partial charge in [-0.15, -0.1) is 0 Å². The molecule has 0 atom stereocenters. The van der Waals surface area contributed by atoms with E-state index in [4.69, 9.17) is 9.47 Å². The molecule has 0 bridgehead atoms. The van der Waals surface area contributed by atoms with Crippen molar-refractivity contribution < 1.29 is 9.47 Å². The maximum atomic E-state index is 6.48. The fourth-order valence-electron chi connectivity index (χ4n) is 4.89. The number of hydrogen-bond acceptors (Lipinski definition) is 3. The molecule has 0 radical (unpaired) electrons. The Morgan fingerprint density at radius 1 is 0.613 bits per heavy atom. The molecule has 3 heterocycles. The van der Waals surface area contributed by atoms with Gasteiger partial charge in [0.15, 0.2) is 0 Å². The molecule has 0 aliphatic carbocycles. The van der Waals surface area contributed by atoms with E-state index in [1.54, 1.807) is 0 Å². The topological polar surface area (TPSA) is 31.4 Å². The molecule has 5 aromatic rings. The molecule has 31 heavy (non-hydrogen) atoms. The Morgan fingerprint density at radius 2 is 1.45 bits per heavy atom. The van der Waals surface area contributed by atoms with Gasteiger partial charge in [0.25, 0.3) is 6.71 Å². The van der Waals surface area contributed by atoms with Crippen molar-refractivity contribution in [2.75, 3.05) is 0 Å². The van der Waals surface area contributed by atoms with Crippen LogP contribution in [0.5, 0.6) is 23.0 Å². The number of hydrogen-bond donors (Lipinski definition) is 0. The Kier molecular flexibility index (Phi) is 3.36. The summed E-state index contributed by atoms with van der Waals surface area (Å²) in [7, 11) is 0. The summed E-state index contributed by atoms with van der Waals surface area (Å²) in [5, 5.41) is 2.31. The third-order valence-electron chi connectivity index (χ3n) is 6.30. The highest BCUT2D eigenvalue weighted by molar-refractivity contribution is 6.98. The molecular formula is C27H16BNO2. The second-order valence-electron chi connectivity index (χ2n) is 8.00. The highest BCUT2D eigenvalue weighted by Crippen LogP contribution is 2.37. The molecule has 7 rings (SSSR count). The minimum Gasteiger partial charge on any atom is -0.458 e. The zero-order chi connectivity index (χ0) is 20.4. The Hall–Kier alpha value is -4.05. The van der Waals surface area contributed by atoms with E-state index >= 15 is 0 Å². The third-order valence-corrected chi connectivity index (χ3v) is 6.30. The summed E-state index contributed by atoms with van der Waals surface area (Å²) < 4.78 is 12.8. The van der Waals surface area contributed by atoms with Gasteiger partial charge in [-0.2, -0.15) is 0 Å². The maximum Gasteiger partial charge on any atom is 0.260 e. The lowest BCUT2D eigenvalue weighted by Crippen LogP contribution is -2.57. The first kappa shape index (κ1) is 16.7. The molecule has 0 saturated heterocycles. The van der Waals surface area contributed by atoms with Gasteiger partial charge < -0.3 is 9.47 Å². The average Bonchev–Trinajstić information content (AvgIpc) is 2.84. The van der Waals surface area contributed by atoms with E-state index in [1.165, 1.54) is 10.8 Å². The van der Waals surface area contributed by atoms with Crippen LogP contribution in [0.2, 0.25) is 0 Å². The van der Waals surface area contributed by atoms with Crippen molar-refractivity contribution in [3.05, 3.63) is 97.3 Å². The number of benzene rings is 4. The van der Waals surface area contributed by atoms with Crippen molar-refractivity contribution in [2.24, 2.45) is 0 Å². The molecule has 3 nitrogen and oxygen atoms in total. The molecule has 0 spiro atoms. The van der Waals surface area contributed by atoms with Gasteiger partial charge in [0.2, 0.25) is 0 Å². The van der Waals surface area contributed by atoms with Crippen molar-refractivity contribution in [1.29, 1.82) is 0 Å². The van der Waals surface area contributed by atoms with E-state index in [9.17, 15) is 0 Å². The fraction of sp³-hybridized carbons (Fsp3) is 0. The number of pyridine rings is 1. The number of nitrogens with zero attached hydrogens (tertiary/aromatic N) is 1. The monoisotopic (exact) mass is 397 g/mol. The van der Waals surface area contributed by atoms with Crippen molar-refractivity contribution in [1.82, 2.24) is 4.98 Å². The van der Waals surface area contributed by atoms with Crippen LogP contribution in [-0.4, -0.2) is 11.7 Å². The van der Waals surface area contributed by atoms with Crippen LogP contribution in [0, 0.1) is 0 Å². The quantitative estimate of drug-likeness (QED) is 0.379. The Balaban J connectivity index is 1.52. The summed E-state index contributed by atoms with van der Waals surface area (Å²) in [5.74, 6) is 3.57. The lowest BCUT2D eigenvalue weighted by atomic mass is 9.34. The standard InChI is InChI=1S/C27H16BNO2/c1-2-5-20-18(4-1)8-10-21-27(20)31-25-7-3-6-24-26(25)28(21)22-16-19(9-11-23(22)30-24)17-12-14-29-15-13-17/h1-16H. The van der Waals surface area contributed by atoms with Crippen molar-refractivity contribution in [3.63, 3.8) is 0 Å². The van der Waals surface area contributed by atoms with E-state index in [0.29, 0.717) is 0 Å². The highest BCUT2D eigenvalue weighted by Gasteiger charge is 2.40. The van der Waals surface area contributed by atoms with Gasteiger partial charge in [0.05, 0.1) is 0 Å². The van der Waals surface area contributed by atoms with Crippen LogP contribution in [0.3, 0.4) is 0 Å². The van der Waals surface area contributed by atoms with Crippen LogP contribution < -0.4 is 25.9 Å². The lowest BCUT2D eigenvalue weighted by Gasteiger charge is -2.33. The summed E-state index contributed by atoms with van der Waals surface area (Å²) in [6, 6.07) is 29.4. The summed E-state index contributed by atoms with van der Waals surface area (Å²) in [5.41, 5.74) is 5.73. The molecule has 0 amide bonds. The Labute approximate surface area is 180 Å². The predicted molar refractivity (Wildman–Crippen MR) is 125 cm³/mol. The smallest absolute Gasteiger partial charge is 0.260 e. The van der Waals surface area contributed by atoms with Crippen molar-refractivity contribution in [3.8, 4) is 34.1 Å². The molecule has 0 N–H and O–H groups in total. The van der Waals surface area contributed by atoms with Gasteiger partial charge >= 0.3 is 0 Å². The summed E-state index contributed by atoms with van der Waals surface area (Å²) in [6.45, 7) is 0.0603. The van der Waals surface area contributed by atoms with Gasteiger partial charge in [-0.3, -0.25) is 4.98 Å². The molecular weight excluding hydrogens is 381 g/mol. The Morgan fingerprint density at radius 3 is 2.35 bits per heavy atom. The molecule has 2 aliphatic rings. The molecule has 144 valence electrons. The number of rotatable bonds is 1. The van der Waals surface area contributed by atoms with Gasteiger partial charge in [-0.25, -0.2) is 0 Å². The van der Waals surface area contributed by atoms with Crippen molar-refractivity contribution in [2.45, 2.75) is 0 Å². The van der Waals surface area contributed by atoms with E-state index < -0.39 is 0 Å². The largest absolute Gasteiger partial charge is 0.458 e. The minimum absolute atomic E-state index is 0.0603. The van der Waals surface area contributed by atoms with Gasteiger partial charge in [0, 0.05) is 23.2 Å². The van der Waals surface area contributed by atoms with E-state index in [-0.39, 0.29) is 6.71 Å². The van der Waals surface area contributed by atoms with Crippen LogP contribution >= 0.6 is 0 Å².